The highest BCUT2D eigenvalue weighted by atomic mass is 16.3. The molecule has 1 N–H and O–H groups in total. The van der Waals surface area contributed by atoms with Gasteiger partial charge < -0.3 is 9.73 Å². The minimum absolute atomic E-state index is 0.114. The average Bonchev–Trinajstić information content (AvgIpc) is 3.04. The van der Waals surface area contributed by atoms with Crippen molar-refractivity contribution in [1.29, 1.82) is 0 Å². The highest BCUT2D eigenvalue weighted by molar-refractivity contribution is 5.98. The summed E-state index contributed by atoms with van der Waals surface area (Å²) in [6, 6.07) is 12.0. The first kappa shape index (κ1) is 10.1. The Morgan fingerprint density at radius 2 is 1.94 bits per heavy atom. The summed E-state index contributed by atoms with van der Waals surface area (Å²) < 4.78 is 5.30. The third-order valence-electron chi connectivity index (χ3n) is 2.87. The highest BCUT2D eigenvalue weighted by Gasteiger charge is 2.26. The summed E-state index contributed by atoms with van der Waals surface area (Å²) in [7, 11) is 0. The van der Waals surface area contributed by atoms with Crippen LogP contribution in [0.2, 0.25) is 0 Å². The Labute approximate surface area is 99.4 Å². The van der Waals surface area contributed by atoms with E-state index in [0.29, 0.717) is 11.8 Å². The van der Waals surface area contributed by atoms with Gasteiger partial charge in [-0.2, -0.15) is 0 Å². The van der Waals surface area contributed by atoms with Crippen molar-refractivity contribution in [2.24, 2.45) is 0 Å². The van der Waals surface area contributed by atoms with Crippen LogP contribution in [0.15, 0.2) is 47.1 Å². The Bertz CT molecular complexity index is 526. The zero-order chi connectivity index (χ0) is 11.7. The van der Waals surface area contributed by atoms with Gasteiger partial charge in [0.15, 0.2) is 5.76 Å². The Balaban J connectivity index is 1.90. The average molecular weight is 227 g/mol. The molecule has 3 nitrogen and oxygen atoms in total. The van der Waals surface area contributed by atoms with E-state index in [4.69, 9.17) is 4.42 Å². The Kier molecular flexibility index (Phi) is 2.44. The van der Waals surface area contributed by atoms with Gasteiger partial charge in [-0.05, 0) is 24.5 Å². The molecule has 1 aromatic carbocycles. The molecule has 0 saturated heterocycles. The second-order valence-electron chi connectivity index (χ2n) is 4.28. The van der Waals surface area contributed by atoms with Crippen LogP contribution < -0.4 is 5.32 Å². The molecule has 0 spiro atoms. The van der Waals surface area contributed by atoms with Crippen molar-refractivity contribution in [3.05, 3.63) is 48.4 Å². The van der Waals surface area contributed by atoms with Crippen molar-refractivity contribution >= 4 is 5.91 Å². The molecule has 0 bridgehead atoms. The standard InChI is InChI=1S/C14H13NO2/c16-14(15-11-6-7-11)13-12(8-9-17-13)10-4-2-1-3-5-10/h1-5,8-9,11H,6-7H2,(H,15,16). The summed E-state index contributed by atoms with van der Waals surface area (Å²) in [5.41, 5.74) is 1.85. The summed E-state index contributed by atoms with van der Waals surface area (Å²) in [6.07, 6.45) is 3.71. The first-order valence-corrected chi connectivity index (χ1v) is 5.78. The van der Waals surface area contributed by atoms with Gasteiger partial charge in [0.2, 0.25) is 0 Å². The van der Waals surface area contributed by atoms with Crippen LogP contribution in [-0.4, -0.2) is 11.9 Å². The van der Waals surface area contributed by atoms with E-state index < -0.39 is 0 Å². The molecule has 2 aromatic rings. The highest BCUT2D eigenvalue weighted by Crippen LogP contribution is 2.26. The van der Waals surface area contributed by atoms with Gasteiger partial charge in [0.05, 0.1) is 6.26 Å². The van der Waals surface area contributed by atoms with Crippen molar-refractivity contribution in [3.63, 3.8) is 0 Å². The molecule has 1 amide bonds. The van der Waals surface area contributed by atoms with Crippen LogP contribution in [0.4, 0.5) is 0 Å². The lowest BCUT2D eigenvalue weighted by atomic mass is 10.1. The van der Waals surface area contributed by atoms with E-state index in [-0.39, 0.29) is 5.91 Å². The second kappa shape index (κ2) is 4.09. The third kappa shape index (κ3) is 2.09. The molecular weight excluding hydrogens is 214 g/mol. The Morgan fingerprint density at radius 3 is 2.65 bits per heavy atom. The summed E-state index contributed by atoms with van der Waals surface area (Å²) in [6.45, 7) is 0. The molecule has 1 fully saturated rings. The molecule has 3 heteroatoms. The number of carbonyl (C=O) groups is 1. The van der Waals surface area contributed by atoms with E-state index in [1.54, 1.807) is 6.26 Å². The summed E-state index contributed by atoms with van der Waals surface area (Å²) >= 11 is 0. The molecule has 1 aromatic heterocycles. The lowest BCUT2D eigenvalue weighted by Crippen LogP contribution is -2.25. The van der Waals surface area contributed by atoms with Gasteiger partial charge in [0, 0.05) is 11.6 Å². The van der Waals surface area contributed by atoms with Crippen LogP contribution in [-0.2, 0) is 0 Å². The molecule has 1 aliphatic rings. The number of benzene rings is 1. The van der Waals surface area contributed by atoms with Crippen molar-refractivity contribution in [3.8, 4) is 11.1 Å². The summed E-state index contributed by atoms with van der Waals surface area (Å²) in [5, 5.41) is 2.93. The van der Waals surface area contributed by atoms with Crippen molar-refractivity contribution in [2.45, 2.75) is 18.9 Å². The number of nitrogens with one attached hydrogen (secondary N) is 1. The molecule has 17 heavy (non-hydrogen) atoms. The Morgan fingerprint density at radius 1 is 1.18 bits per heavy atom. The minimum Gasteiger partial charge on any atom is -0.459 e. The maximum Gasteiger partial charge on any atom is 0.287 e. The molecule has 1 saturated carbocycles. The zero-order valence-electron chi connectivity index (χ0n) is 9.35. The van der Waals surface area contributed by atoms with Crippen molar-refractivity contribution in [2.75, 3.05) is 0 Å². The number of furan rings is 1. The van der Waals surface area contributed by atoms with Gasteiger partial charge in [-0.15, -0.1) is 0 Å². The molecular formula is C14H13NO2. The fraction of sp³-hybridized carbons (Fsp3) is 0.214. The second-order valence-corrected chi connectivity index (χ2v) is 4.28. The van der Waals surface area contributed by atoms with Crippen LogP contribution in [0.3, 0.4) is 0 Å². The van der Waals surface area contributed by atoms with Gasteiger partial charge in [-0.3, -0.25) is 4.79 Å². The fourth-order valence-electron chi connectivity index (χ4n) is 1.81. The van der Waals surface area contributed by atoms with Gasteiger partial charge in [0.1, 0.15) is 0 Å². The predicted octanol–water partition coefficient (Wildman–Crippen LogP) is 2.84. The van der Waals surface area contributed by atoms with Crippen LogP contribution in [0, 0.1) is 0 Å². The summed E-state index contributed by atoms with van der Waals surface area (Å²) in [5.74, 6) is 0.291. The lowest BCUT2D eigenvalue weighted by molar-refractivity contribution is 0.0924. The van der Waals surface area contributed by atoms with E-state index in [2.05, 4.69) is 5.32 Å². The quantitative estimate of drug-likeness (QED) is 0.876. The number of amides is 1. The number of hydrogen-bond donors (Lipinski definition) is 1. The predicted molar refractivity (Wildman–Crippen MR) is 64.6 cm³/mol. The first-order valence-electron chi connectivity index (χ1n) is 5.78. The third-order valence-corrected chi connectivity index (χ3v) is 2.87. The van der Waals surface area contributed by atoms with Crippen molar-refractivity contribution < 1.29 is 9.21 Å². The largest absolute Gasteiger partial charge is 0.459 e. The monoisotopic (exact) mass is 227 g/mol. The molecule has 0 atom stereocenters. The SMILES string of the molecule is O=C(NC1CC1)c1occc1-c1ccccc1. The molecule has 0 radical (unpaired) electrons. The summed E-state index contributed by atoms with van der Waals surface area (Å²) in [4.78, 5) is 11.9. The number of rotatable bonds is 3. The number of hydrogen-bond acceptors (Lipinski definition) is 2. The topological polar surface area (TPSA) is 42.2 Å². The van der Waals surface area contributed by atoms with E-state index in [1.807, 2.05) is 36.4 Å². The minimum atomic E-state index is -0.114. The van der Waals surface area contributed by atoms with Gasteiger partial charge in [-0.25, -0.2) is 0 Å². The first-order chi connectivity index (χ1) is 8.34. The molecule has 3 rings (SSSR count). The molecule has 0 aliphatic heterocycles. The van der Waals surface area contributed by atoms with E-state index >= 15 is 0 Å². The van der Waals surface area contributed by atoms with E-state index in [9.17, 15) is 4.79 Å². The lowest BCUT2D eigenvalue weighted by Gasteiger charge is -2.03. The van der Waals surface area contributed by atoms with E-state index in [0.717, 1.165) is 24.0 Å². The molecule has 1 aliphatic carbocycles. The molecule has 86 valence electrons. The maximum atomic E-state index is 11.9. The van der Waals surface area contributed by atoms with Crippen LogP contribution in [0.25, 0.3) is 11.1 Å². The smallest absolute Gasteiger partial charge is 0.287 e. The van der Waals surface area contributed by atoms with Crippen molar-refractivity contribution in [1.82, 2.24) is 5.32 Å². The van der Waals surface area contributed by atoms with Crippen LogP contribution >= 0.6 is 0 Å². The molecule has 0 unspecified atom stereocenters. The van der Waals surface area contributed by atoms with Gasteiger partial charge in [0.25, 0.3) is 5.91 Å². The van der Waals surface area contributed by atoms with Crippen LogP contribution in [0.5, 0.6) is 0 Å². The number of carbonyl (C=O) groups excluding carboxylic acids is 1. The fourth-order valence-corrected chi connectivity index (χ4v) is 1.81. The normalized spacial score (nSPS) is 14.6. The Hall–Kier alpha value is -2.03. The van der Waals surface area contributed by atoms with Crippen LogP contribution in [0.1, 0.15) is 23.4 Å². The maximum absolute atomic E-state index is 11.9. The molecule has 1 heterocycles. The zero-order valence-corrected chi connectivity index (χ0v) is 9.35. The van der Waals surface area contributed by atoms with Gasteiger partial charge >= 0.3 is 0 Å². The van der Waals surface area contributed by atoms with Gasteiger partial charge in [-0.1, -0.05) is 30.3 Å². The van der Waals surface area contributed by atoms with E-state index in [1.165, 1.54) is 0 Å².